The first-order valence-corrected chi connectivity index (χ1v) is 5.50. The van der Waals surface area contributed by atoms with Crippen LogP contribution in [0.3, 0.4) is 0 Å². The highest BCUT2D eigenvalue weighted by Crippen LogP contribution is 2.27. The Balaban J connectivity index is 2.37. The number of benzene rings is 1. The molecule has 2 aromatic rings. The van der Waals surface area contributed by atoms with Gasteiger partial charge in [0.2, 0.25) is 0 Å². The average molecular weight is 232 g/mol. The largest absolute Gasteiger partial charge is 0.399 e. The first kappa shape index (κ1) is 11.7. The van der Waals surface area contributed by atoms with Gasteiger partial charge in [-0.05, 0) is 29.8 Å². The third-order valence-electron chi connectivity index (χ3n) is 2.82. The van der Waals surface area contributed by atoms with Crippen LogP contribution in [0.5, 0.6) is 0 Å². The zero-order valence-corrected chi connectivity index (χ0v) is 9.38. The fourth-order valence-electron chi connectivity index (χ4n) is 1.96. The lowest BCUT2D eigenvalue weighted by molar-refractivity contribution is 0.0815. The standard InChI is InChI=1S/C13H16N2O2/c14-10-5-3-9(4-6-10)13(12(17)8-16)11-2-1-7-15-11/h1-7,12-13,15-17H,8,14H2. The van der Waals surface area contributed by atoms with Crippen LogP contribution in [0.2, 0.25) is 0 Å². The molecule has 2 atom stereocenters. The quantitative estimate of drug-likeness (QED) is 0.595. The zero-order chi connectivity index (χ0) is 12.3. The van der Waals surface area contributed by atoms with Gasteiger partial charge in [0.05, 0.1) is 18.6 Å². The molecule has 1 aromatic heterocycles. The number of rotatable bonds is 4. The van der Waals surface area contributed by atoms with Gasteiger partial charge in [0.15, 0.2) is 0 Å². The van der Waals surface area contributed by atoms with Crippen molar-refractivity contribution >= 4 is 5.69 Å². The molecule has 0 radical (unpaired) electrons. The molecule has 2 unspecified atom stereocenters. The van der Waals surface area contributed by atoms with Gasteiger partial charge >= 0.3 is 0 Å². The number of nitrogens with one attached hydrogen (secondary N) is 1. The SMILES string of the molecule is Nc1ccc(C(c2ccc[nH]2)C(O)CO)cc1. The third kappa shape index (κ3) is 2.49. The lowest BCUT2D eigenvalue weighted by Crippen LogP contribution is -2.23. The van der Waals surface area contributed by atoms with E-state index >= 15 is 0 Å². The molecule has 1 aromatic carbocycles. The number of aromatic nitrogens is 1. The molecule has 0 amide bonds. The summed E-state index contributed by atoms with van der Waals surface area (Å²) in [6, 6.07) is 11.0. The van der Waals surface area contributed by atoms with Crippen LogP contribution < -0.4 is 5.73 Å². The van der Waals surface area contributed by atoms with Crippen LogP contribution in [0.4, 0.5) is 5.69 Å². The molecule has 0 saturated heterocycles. The van der Waals surface area contributed by atoms with Gasteiger partial charge in [0, 0.05) is 17.6 Å². The fraction of sp³-hybridized carbons (Fsp3) is 0.231. The van der Waals surface area contributed by atoms with E-state index in [0.29, 0.717) is 5.69 Å². The Morgan fingerprint density at radius 1 is 1.18 bits per heavy atom. The number of anilines is 1. The van der Waals surface area contributed by atoms with Crippen LogP contribution in [0, 0.1) is 0 Å². The molecule has 2 rings (SSSR count). The summed E-state index contributed by atoms with van der Waals surface area (Å²) in [5, 5.41) is 19.0. The van der Waals surface area contributed by atoms with E-state index in [1.54, 1.807) is 18.3 Å². The van der Waals surface area contributed by atoms with Gasteiger partial charge in [0.25, 0.3) is 0 Å². The van der Waals surface area contributed by atoms with Crippen molar-refractivity contribution in [1.29, 1.82) is 0 Å². The van der Waals surface area contributed by atoms with Crippen LogP contribution in [0.15, 0.2) is 42.6 Å². The highest BCUT2D eigenvalue weighted by molar-refractivity contribution is 5.42. The molecule has 0 saturated carbocycles. The second kappa shape index (κ2) is 5.03. The summed E-state index contributed by atoms with van der Waals surface area (Å²) in [7, 11) is 0. The van der Waals surface area contributed by atoms with Crippen molar-refractivity contribution in [1.82, 2.24) is 4.98 Å². The Morgan fingerprint density at radius 2 is 1.88 bits per heavy atom. The van der Waals surface area contributed by atoms with Crippen LogP contribution in [0.25, 0.3) is 0 Å². The first-order valence-electron chi connectivity index (χ1n) is 5.50. The van der Waals surface area contributed by atoms with Crippen molar-refractivity contribution in [2.24, 2.45) is 0 Å². The number of hydrogen-bond donors (Lipinski definition) is 4. The lowest BCUT2D eigenvalue weighted by atomic mass is 9.90. The molecule has 17 heavy (non-hydrogen) atoms. The maximum atomic E-state index is 9.91. The van der Waals surface area contributed by atoms with Gasteiger partial charge in [-0.2, -0.15) is 0 Å². The van der Waals surface area contributed by atoms with Crippen molar-refractivity contribution in [3.8, 4) is 0 Å². The van der Waals surface area contributed by atoms with Crippen LogP contribution in [0.1, 0.15) is 17.2 Å². The van der Waals surface area contributed by atoms with E-state index < -0.39 is 6.10 Å². The monoisotopic (exact) mass is 232 g/mol. The average Bonchev–Trinajstić information content (AvgIpc) is 2.85. The molecule has 1 heterocycles. The molecule has 5 N–H and O–H groups in total. The molecule has 0 spiro atoms. The number of hydrogen-bond acceptors (Lipinski definition) is 3. The Hall–Kier alpha value is -1.78. The molecular weight excluding hydrogens is 216 g/mol. The van der Waals surface area contributed by atoms with E-state index in [0.717, 1.165) is 11.3 Å². The van der Waals surface area contributed by atoms with E-state index in [1.807, 2.05) is 24.3 Å². The molecule has 4 nitrogen and oxygen atoms in total. The summed E-state index contributed by atoms with van der Waals surface area (Å²) in [6.07, 6.45) is 0.960. The third-order valence-corrected chi connectivity index (χ3v) is 2.82. The van der Waals surface area contributed by atoms with Gasteiger partial charge in [0.1, 0.15) is 0 Å². The van der Waals surface area contributed by atoms with Gasteiger partial charge in [-0.3, -0.25) is 0 Å². The zero-order valence-electron chi connectivity index (χ0n) is 9.38. The molecule has 0 aliphatic carbocycles. The van der Waals surface area contributed by atoms with Crippen molar-refractivity contribution in [2.45, 2.75) is 12.0 Å². The van der Waals surface area contributed by atoms with E-state index in [9.17, 15) is 5.11 Å². The van der Waals surface area contributed by atoms with E-state index in [1.165, 1.54) is 0 Å². The summed E-state index contributed by atoms with van der Waals surface area (Å²) < 4.78 is 0. The molecule has 90 valence electrons. The number of nitrogen functional groups attached to an aromatic ring is 1. The number of aliphatic hydroxyl groups excluding tert-OH is 2. The Labute approximate surface area is 99.7 Å². The van der Waals surface area contributed by atoms with Crippen LogP contribution >= 0.6 is 0 Å². The van der Waals surface area contributed by atoms with Crippen LogP contribution in [-0.2, 0) is 0 Å². The van der Waals surface area contributed by atoms with E-state index in [2.05, 4.69) is 4.98 Å². The summed E-state index contributed by atoms with van der Waals surface area (Å²) >= 11 is 0. The topological polar surface area (TPSA) is 82.3 Å². The number of aromatic amines is 1. The minimum Gasteiger partial charge on any atom is -0.399 e. The Morgan fingerprint density at radius 3 is 2.41 bits per heavy atom. The molecule has 0 fully saturated rings. The number of aliphatic hydroxyl groups is 2. The van der Waals surface area contributed by atoms with E-state index in [-0.39, 0.29) is 12.5 Å². The summed E-state index contributed by atoms with van der Waals surface area (Å²) in [5.74, 6) is -0.268. The summed E-state index contributed by atoms with van der Waals surface area (Å²) in [6.45, 7) is -0.284. The smallest absolute Gasteiger partial charge is 0.0894 e. The van der Waals surface area contributed by atoms with Gasteiger partial charge in [-0.1, -0.05) is 12.1 Å². The predicted molar refractivity (Wildman–Crippen MR) is 66.6 cm³/mol. The first-order chi connectivity index (χ1) is 8.22. The second-order valence-electron chi connectivity index (χ2n) is 4.02. The fourth-order valence-corrected chi connectivity index (χ4v) is 1.96. The second-order valence-corrected chi connectivity index (χ2v) is 4.02. The minimum absolute atomic E-state index is 0.268. The molecular formula is C13H16N2O2. The molecule has 0 aliphatic rings. The lowest BCUT2D eigenvalue weighted by Gasteiger charge is -2.21. The minimum atomic E-state index is -0.836. The van der Waals surface area contributed by atoms with Gasteiger partial charge < -0.3 is 20.9 Å². The van der Waals surface area contributed by atoms with Gasteiger partial charge in [-0.15, -0.1) is 0 Å². The molecule has 4 heteroatoms. The Kier molecular flexibility index (Phi) is 3.46. The molecule has 0 aliphatic heterocycles. The highest BCUT2D eigenvalue weighted by atomic mass is 16.3. The van der Waals surface area contributed by atoms with E-state index in [4.69, 9.17) is 10.8 Å². The maximum Gasteiger partial charge on any atom is 0.0894 e. The summed E-state index contributed by atoms with van der Waals surface area (Å²) in [5.41, 5.74) is 8.10. The molecule has 0 bridgehead atoms. The van der Waals surface area contributed by atoms with Crippen molar-refractivity contribution in [3.05, 3.63) is 53.9 Å². The Bertz CT molecular complexity index is 451. The van der Waals surface area contributed by atoms with Gasteiger partial charge in [-0.25, -0.2) is 0 Å². The summed E-state index contributed by atoms with van der Waals surface area (Å²) in [4.78, 5) is 3.06. The number of H-pyrrole nitrogens is 1. The maximum absolute atomic E-state index is 9.91. The van der Waals surface area contributed by atoms with Crippen molar-refractivity contribution in [3.63, 3.8) is 0 Å². The van der Waals surface area contributed by atoms with Crippen molar-refractivity contribution in [2.75, 3.05) is 12.3 Å². The number of nitrogens with two attached hydrogens (primary N) is 1. The predicted octanol–water partition coefficient (Wildman–Crippen LogP) is 1.08. The van der Waals surface area contributed by atoms with Crippen molar-refractivity contribution < 1.29 is 10.2 Å². The highest BCUT2D eigenvalue weighted by Gasteiger charge is 2.23. The normalized spacial score (nSPS) is 14.5. The van der Waals surface area contributed by atoms with Crippen LogP contribution in [-0.4, -0.2) is 27.9 Å².